The molecular formula is C18H29ClIN5. The van der Waals surface area contributed by atoms with Gasteiger partial charge in [0, 0.05) is 57.9 Å². The molecule has 2 heterocycles. The van der Waals surface area contributed by atoms with Crippen molar-refractivity contribution in [2.24, 2.45) is 4.99 Å². The lowest BCUT2D eigenvalue weighted by molar-refractivity contribution is 0.169. The van der Waals surface area contributed by atoms with Crippen LogP contribution >= 0.6 is 35.6 Å². The summed E-state index contributed by atoms with van der Waals surface area (Å²) < 4.78 is 0. The molecule has 140 valence electrons. The Morgan fingerprint density at radius 2 is 1.72 bits per heavy atom. The molecule has 25 heavy (non-hydrogen) atoms. The molecule has 0 aliphatic carbocycles. The number of aliphatic imine (C=N–C) groups is 1. The van der Waals surface area contributed by atoms with Crippen molar-refractivity contribution in [1.29, 1.82) is 0 Å². The number of rotatable bonds is 5. The Morgan fingerprint density at radius 3 is 2.28 bits per heavy atom. The van der Waals surface area contributed by atoms with E-state index in [0.717, 1.165) is 56.8 Å². The van der Waals surface area contributed by atoms with Gasteiger partial charge < -0.3 is 15.1 Å². The van der Waals surface area contributed by atoms with E-state index < -0.39 is 0 Å². The SMILES string of the molecule is CN=C(NCCN1CCC1)N1CCN(Cc2ccc(Cl)cc2)CC1.I. The second kappa shape index (κ2) is 10.5. The van der Waals surface area contributed by atoms with Crippen molar-refractivity contribution in [1.82, 2.24) is 20.0 Å². The van der Waals surface area contributed by atoms with E-state index in [0.29, 0.717) is 0 Å². The molecular weight excluding hydrogens is 449 g/mol. The monoisotopic (exact) mass is 477 g/mol. The topological polar surface area (TPSA) is 34.1 Å². The van der Waals surface area contributed by atoms with E-state index in [9.17, 15) is 0 Å². The minimum absolute atomic E-state index is 0. The largest absolute Gasteiger partial charge is 0.355 e. The van der Waals surface area contributed by atoms with Crippen molar-refractivity contribution in [3.63, 3.8) is 0 Å². The zero-order chi connectivity index (χ0) is 16.8. The maximum atomic E-state index is 5.96. The quantitative estimate of drug-likeness (QED) is 0.401. The second-order valence-corrected chi connectivity index (χ2v) is 7.00. The van der Waals surface area contributed by atoms with Crippen molar-refractivity contribution < 1.29 is 0 Å². The van der Waals surface area contributed by atoms with Crippen LogP contribution in [-0.4, -0.2) is 80.1 Å². The molecule has 0 aromatic heterocycles. The number of likely N-dealkylation sites (tertiary alicyclic amines) is 1. The van der Waals surface area contributed by atoms with Crippen molar-refractivity contribution >= 4 is 41.5 Å². The minimum atomic E-state index is 0. The average Bonchev–Trinajstić information content (AvgIpc) is 2.56. The van der Waals surface area contributed by atoms with Gasteiger partial charge in [-0.1, -0.05) is 23.7 Å². The second-order valence-electron chi connectivity index (χ2n) is 6.56. The van der Waals surface area contributed by atoms with Crippen molar-refractivity contribution in [3.8, 4) is 0 Å². The number of guanidine groups is 1. The summed E-state index contributed by atoms with van der Waals surface area (Å²) in [7, 11) is 1.88. The first kappa shape index (κ1) is 20.7. The average molecular weight is 478 g/mol. The van der Waals surface area contributed by atoms with Gasteiger partial charge in [0.2, 0.25) is 0 Å². The number of nitrogens with one attached hydrogen (secondary N) is 1. The highest BCUT2D eigenvalue weighted by atomic mass is 127. The van der Waals surface area contributed by atoms with Crippen molar-refractivity contribution in [3.05, 3.63) is 34.9 Å². The van der Waals surface area contributed by atoms with Crippen LogP contribution in [0.15, 0.2) is 29.3 Å². The van der Waals surface area contributed by atoms with E-state index in [1.807, 2.05) is 19.2 Å². The maximum Gasteiger partial charge on any atom is 0.193 e. The van der Waals surface area contributed by atoms with Crippen molar-refractivity contribution in [2.45, 2.75) is 13.0 Å². The zero-order valence-electron chi connectivity index (χ0n) is 15.0. The molecule has 1 aromatic rings. The third kappa shape index (κ3) is 6.27. The number of benzene rings is 1. The smallest absolute Gasteiger partial charge is 0.193 e. The van der Waals surface area contributed by atoms with Gasteiger partial charge in [0.25, 0.3) is 0 Å². The summed E-state index contributed by atoms with van der Waals surface area (Å²) in [5.41, 5.74) is 1.32. The van der Waals surface area contributed by atoms with Crippen LogP contribution in [0.1, 0.15) is 12.0 Å². The molecule has 2 aliphatic rings. The Labute approximate surface area is 173 Å². The Balaban J connectivity index is 0.00000225. The van der Waals surface area contributed by atoms with Crippen LogP contribution in [0, 0.1) is 0 Å². The van der Waals surface area contributed by atoms with Crippen LogP contribution in [0.2, 0.25) is 5.02 Å². The molecule has 0 saturated carbocycles. The Kier molecular flexibility index (Phi) is 8.75. The van der Waals surface area contributed by atoms with Crippen molar-refractivity contribution in [2.75, 3.05) is 59.4 Å². The highest BCUT2D eigenvalue weighted by Gasteiger charge is 2.20. The van der Waals surface area contributed by atoms with E-state index >= 15 is 0 Å². The van der Waals surface area contributed by atoms with Crippen LogP contribution in [0.3, 0.4) is 0 Å². The van der Waals surface area contributed by atoms with E-state index in [-0.39, 0.29) is 24.0 Å². The molecule has 3 rings (SSSR count). The normalized spacial score (nSPS) is 19.3. The zero-order valence-corrected chi connectivity index (χ0v) is 18.0. The van der Waals surface area contributed by atoms with Gasteiger partial charge in [0.1, 0.15) is 0 Å². The highest BCUT2D eigenvalue weighted by molar-refractivity contribution is 14.0. The molecule has 2 fully saturated rings. The fourth-order valence-electron chi connectivity index (χ4n) is 3.23. The Morgan fingerprint density at radius 1 is 1.04 bits per heavy atom. The van der Waals surface area contributed by atoms with Gasteiger partial charge in [-0.05, 0) is 37.2 Å². The Bertz CT molecular complexity index is 539. The third-order valence-corrected chi connectivity index (χ3v) is 5.11. The Hall–Kier alpha value is -0.570. The number of hydrogen-bond donors (Lipinski definition) is 1. The molecule has 1 aromatic carbocycles. The van der Waals surface area contributed by atoms with Gasteiger partial charge in [-0.25, -0.2) is 0 Å². The van der Waals surface area contributed by atoms with Crippen LogP contribution in [-0.2, 0) is 6.54 Å². The van der Waals surface area contributed by atoms with Gasteiger partial charge >= 0.3 is 0 Å². The molecule has 2 aliphatic heterocycles. The lowest BCUT2D eigenvalue weighted by Gasteiger charge is -2.37. The van der Waals surface area contributed by atoms with E-state index in [1.54, 1.807) is 0 Å². The van der Waals surface area contributed by atoms with Gasteiger partial charge in [0.05, 0.1) is 0 Å². The summed E-state index contributed by atoms with van der Waals surface area (Å²) in [5, 5.41) is 4.31. The number of nitrogens with zero attached hydrogens (tertiary/aromatic N) is 4. The molecule has 0 bridgehead atoms. The molecule has 0 amide bonds. The number of piperazine rings is 1. The van der Waals surface area contributed by atoms with Gasteiger partial charge in [-0.3, -0.25) is 9.89 Å². The standard InChI is InChI=1S/C18H28ClN5.HI/c1-20-18(21-7-10-22-8-2-9-22)24-13-11-23(12-14-24)15-16-3-5-17(19)6-4-16;/h3-6H,2,7-15H2,1H3,(H,20,21);1H. The fourth-order valence-corrected chi connectivity index (χ4v) is 3.36. The van der Waals surface area contributed by atoms with Gasteiger partial charge in [-0.15, -0.1) is 24.0 Å². The van der Waals surface area contributed by atoms with Gasteiger partial charge in [0.15, 0.2) is 5.96 Å². The van der Waals surface area contributed by atoms with Crippen LogP contribution < -0.4 is 5.32 Å². The highest BCUT2D eigenvalue weighted by Crippen LogP contribution is 2.13. The summed E-state index contributed by atoms with van der Waals surface area (Å²) in [6, 6.07) is 8.17. The van der Waals surface area contributed by atoms with Crippen LogP contribution in [0.4, 0.5) is 0 Å². The lowest BCUT2D eigenvalue weighted by atomic mass is 10.2. The molecule has 5 nitrogen and oxygen atoms in total. The molecule has 7 heteroatoms. The van der Waals surface area contributed by atoms with Gasteiger partial charge in [-0.2, -0.15) is 0 Å². The maximum absolute atomic E-state index is 5.96. The summed E-state index contributed by atoms with van der Waals surface area (Å²) in [5.74, 6) is 1.04. The first-order valence-electron chi connectivity index (χ1n) is 8.89. The third-order valence-electron chi connectivity index (χ3n) is 4.86. The van der Waals surface area contributed by atoms with E-state index in [2.05, 4.69) is 37.1 Å². The first-order valence-corrected chi connectivity index (χ1v) is 9.27. The molecule has 2 saturated heterocycles. The number of halogens is 2. The molecule has 1 N–H and O–H groups in total. The van der Waals surface area contributed by atoms with Crippen LogP contribution in [0.5, 0.6) is 0 Å². The summed E-state index contributed by atoms with van der Waals surface area (Å²) in [6.45, 7) is 9.78. The first-order chi connectivity index (χ1) is 11.7. The fraction of sp³-hybridized carbons (Fsp3) is 0.611. The lowest BCUT2D eigenvalue weighted by Crippen LogP contribution is -2.53. The minimum Gasteiger partial charge on any atom is -0.355 e. The summed E-state index contributed by atoms with van der Waals surface area (Å²) >= 11 is 5.96. The summed E-state index contributed by atoms with van der Waals surface area (Å²) in [4.78, 5) is 11.8. The van der Waals surface area contributed by atoms with E-state index in [4.69, 9.17) is 11.6 Å². The molecule has 0 radical (unpaired) electrons. The predicted molar refractivity (Wildman–Crippen MR) is 116 cm³/mol. The molecule has 0 spiro atoms. The molecule has 0 atom stereocenters. The van der Waals surface area contributed by atoms with Crippen LogP contribution in [0.25, 0.3) is 0 Å². The number of hydrogen-bond acceptors (Lipinski definition) is 3. The molecule has 0 unspecified atom stereocenters. The summed E-state index contributed by atoms with van der Waals surface area (Å²) in [6.07, 6.45) is 1.35. The van der Waals surface area contributed by atoms with E-state index in [1.165, 1.54) is 25.1 Å². The predicted octanol–water partition coefficient (Wildman–Crippen LogP) is 2.36.